The Labute approximate surface area is 132 Å². The van der Waals surface area contributed by atoms with E-state index in [0.29, 0.717) is 24.4 Å². The third-order valence-corrected chi connectivity index (χ3v) is 3.60. The van der Waals surface area contributed by atoms with E-state index in [1.807, 2.05) is 7.05 Å². The minimum atomic E-state index is 0.127. The number of benzene rings is 1. The van der Waals surface area contributed by atoms with Crippen molar-refractivity contribution in [3.63, 3.8) is 0 Å². The van der Waals surface area contributed by atoms with Crippen molar-refractivity contribution in [2.24, 2.45) is 5.73 Å². The number of hydrogen-bond acceptors (Lipinski definition) is 3. The predicted molar refractivity (Wildman–Crippen MR) is 91.2 cm³/mol. The first-order valence-electron chi connectivity index (χ1n) is 7.15. The summed E-state index contributed by atoms with van der Waals surface area (Å²) in [6, 6.07) is 8.47. The van der Waals surface area contributed by atoms with Gasteiger partial charge in [0.15, 0.2) is 0 Å². The Morgan fingerprint density at radius 1 is 1.14 bits per heavy atom. The van der Waals surface area contributed by atoms with Gasteiger partial charge in [-0.05, 0) is 19.5 Å². The second-order valence-electron chi connectivity index (χ2n) is 5.50. The van der Waals surface area contributed by atoms with Gasteiger partial charge in [0.1, 0.15) is 0 Å². The van der Waals surface area contributed by atoms with Gasteiger partial charge in [-0.3, -0.25) is 4.79 Å². The molecule has 1 amide bonds. The van der Waals surface area contributed by atoms with Gasteiger partial charge < -0.3 is 15.5 Å². The van der Waals surface area contributed by atoms with Crippen LogP contribution < -0.4 is 5.73 Å². The van der Waals surface area contributed by atoms with Crippen molar-refractivity contribution in [1.82, 2.24) is 9.80 Å². The van der Waals surface area contributed by atoms with Crippen molar-refractivity contribution in [3.05, 3.63) is 35.4 Å². The van der Waals surface area contributed by atoms with Gasteiger partial charge in [0, 0.05) is 39.5 Å². The summed E-state index contributed by atoms with van der Waals surface area (Å²) in [6.45, 7) is 4.26. The normalized spacial score (nSPS) is 10.7. The van der Waals surface area contributed by atoms with Gasteiger partial charge in [0.25, 0.3) is 0 Å². The van der Waals surface area contributed by atoms with Crippen molar-refractivity contribution < 1.29 is 4.79 Å². The SMILES string of the molecule is Cc1ccc(CN(C)CCC(=O)N(C)CCC(N)=S)cc1. The van der Waals surface area contributed by atoms with E-state index in [0.717, 1.165) is 13.1 Å². The fraction of sp³-hybridized carbons (Fsp3) is 0.500. The van der Waals surface area contributed by atoms with Crippen LogP contribution >= 0.6 is 12.2 Å². The third-order valence-electron chi connectivity index (χ3n) is 3.40. The second-order valence-corrected chi connectivity index (χ2v) is 6.03. The maximum Gasteiger partial charge on any atom is 0.223 e. The number of carbonyl (C=O) groups is 1. The molecule has 0 aliphatic rings. The molecular formula is C16H25N3OS. The Kier molecular flexibility index (Phi) is 7.32. The van der Waals surface area contributed by atoms with Crippen LogP contribution in [0.2, 0.25) is 0 Å². The monoisotopic (exact) mass is 307 g/mol. The molecule has 5 heteroatoms. The predicted octanol–water partition coefficient (Wildman–Crippen LogP) is 1.95. The minimum absolute atomic E-state index is 0.127. The molecule has 4 nitrogen and oxygen atoms in total. The molecule has 0 heterocycles. The molecule has 1 rings (SSSR count). The molecule has 0 spiro atoms. The Balaban J connectivity index is 2.31. The molecule has 0 aliphatic carbocycles. The average Bonchev–Trinajstić information content (AvgIpc) is 2.44. The molecule has 0 fully saturated rings. The summed E-state index contributed by atoms with van der Waals surface area (Å²) < 4.78 is 0. The average molecular weight is 307 g/mol. The Morgan fingerprint density at radius 2 is 1.76 bits per heavy atom. The number of hydrogen-bond donors (Lipinski definition) is 1. The molecule has 0 aliphatic heterocycles. The zero-order valence-corrected chi connectivity index (χ0v) is 13.9. The number of carbonyl (C=O) groups excluding carboxylic acids is 1. The van der Waals surface area contributed by atoms with Crippen LogP contribution in [0.25, 0.3) is 0 Å². The van der Waals surface area contributed by atoms with Crippen molar-refractivity contribution >= 4 is 23.1 Å². The van der Waals surface area contributed by atoms with E-state index in [4.69, 9.17) is 18.0 Å². The minimum Gasteiger partial charge on any atom is -0.393 e. The third kappa shape index (κ3) is 7.20. The summed E-state index contributed by atoms with van der Waals surface area (Å²) in [5.41, 5.74) is 7.97. The Bertz CT molecular complexity index is 473. The van der Waals surface area contributed by atoms with Gasteiger partial charge >= 0.3 is 0 Å². The fourth-order valence-electron chi connectivity index (χ4n) is 1.96. The summed E-state index contributed by atoms with van der Waals surface area (Å²) in [5.74, 6) is 0.127. The second kappa shape index (κ2) is 8.74. The topological polar surface area (TPSA) is 49.6 Å². The molecule has 0 bridgehead atoms. The molecular weight excluding hydrogens is 282 g/mol. The van der Waals surface area contributed by atoms with Crippen LogP contribution in [-0.2, 0) is 11.3 Å². The number of thiocarbonyl (C=S) groups is 1. The van der Waals surface area contributed by atoms with Gasteiger partial charge in [-0.1, -0.05) is 42.0 Å². The maximum atomic E-state index is 12.0. The first-order chi connectivity index (χ1) is 9.88. The molecule has 0 radical (unpaired) electrons. The van der Waals surface area contributed by atoms with Gasteiger partial charge in [-0.15, -0.1) is 0 Å². The van der Waals surface area contributed by atoms with E-state index in [1.54, 1.807) is 11.9 Å². The lowest BCUT2D eigenvalue weighted by atomic mass is 10.1. The van der Waals surface area contributed by atoms with Crippen LogP contribution in [0.1, 0.15) is 24.0 Å². The highest BCUT2D eigenvalue weighted by Gasteiger charge is 2.10. The number of amides is 1. The summed E-state index contributed by atoms with van der Waals surface area (Å²) in [4.78, 5) is 16.3. The maximum absolute atomic E-state index is 12.0. The van der Waals surface area contributed by atoms with Gasteiger partial charge in [-0.25, -0.2) is 0 Å². The standard InChI is InChI=1S/C16H25N3OS/c1-13-4-6-14(7-5-13)12-18(2)10-9-16(20)19(3)11-8-15(17)21/h4-7H,8-12H2,1-3H3,(H2,17,21). The molecule has 0 unspecified atom stereocenters. The van der Waals surface area contributed by atoms with Crippen molar-refractivity contribution in [2.45, 2.75) is 26.3 Å². The highest BCUT2D eigenvalue weighted by molar-refractivity contribution is 7.80. The van der Waals surface area contributed by atoms with Crippen LogP contribution in [0.4, 0.5) is 0 Å². The van der Waals surface area contributed by atoms with Crippen molar-refractivity contribution in [1.29, 1.82) is 0 Å². The van der Waals surface area contributed by atoms with E-state index < -0.39 is 0 Å². The van der Waals surface area contributed by atoms with E-state index in [-0.39, 0.29) is 5.91 Å². The molecule has 1 aromatic carbocycles. The number of nitrogens with zero attached hydrogens (tertiary/aromatic N) is 2. The van der Waals surface area contributed by atoms with E-state index in [9.17, 15) is 4.79 Å². The summed E-state index contributed by atoms with van der Waals surface area (Å²) >= 11 is 4.82. The summed E-state index contributed by atoms with van der Waals surface area (Å²) in [7, 11) is 3.82. The number of rotatable bonds is 8. The first-order valence-corrected chi connectivity index (χ1v) is 7.55. The Morgan fingerprint density at radius 3 is 2.33 bits per heavy atom. The molecule has 0 aromatic heterocycles. The lowest BCUT2D eigenvalue weighted by Crippen LogP contribution is -2.32. The zero-order chi connectivity index (χ0) is 15.8. The van der Waals surface area contributed by atoms with E-state index in [1.165, 1.54) is 11.1 Å². The molecule has 0 saturated heterocycles. The quantitative estimate of drug-likeness (QED) is 0.746. The van der Waals surface area contributed by atoms with Gasteiger partial charge in [-0.2, -0.15) is 0 Å². The largest absolute Gasteiger partial charge is 0.393 e. The molecule has 0 atom stereocenters. The lowest BCUT2D eigenvalue weighted by Gasteiger charge is -2.20. The van der Waals surface area contributed by atoms with Crippen LogP contribution in [0.3, 0.4) is 0 Å². The van der Waals surface area contributed by atoms with E-state index in [2.05, 4.69) is 36.1 Å². The molecule has 0 saturated carbocycles. The van der Waals surface area contributed by atoms with Crippen LogP contribution in [-0.4, -0.2) is 47.9 Å². The van der Waals surface area contributed by atoms with Gasteiger partial charge in [0.2, 0.25) is 5.91 Å². The molecule has 2 N–H and O–H groups in total. The van der Waals surface area contributed by atoms with E-state index >= 15 is 0 Å². The molecule has 21 heavy (non-hydrogen) atoms. The summed E-state index contributed by atoms with van der Waals surface area (Å²) in [5, 5.41) is 0. The number of nitrogens with two attached hydrogens (primary N) is 1. The fourth-order valence-corrected chi connectivity index (χ4v) is 2.06. The van der Waals surface area contributed by atoms with Crippen molar-refractivity contribution in [2.75, 3.05) is 27.2 Å². The highest BCUT2D eigenvalue weighted by Crippen LogP contribution is 2.06. The first kappa shape index (κ1) is 17.6. The smallest absolute Gasteiger partial charge is 0.223 e. The van der Waals surface area contributed by atoms with Crippen molar-refractivity contribution in [3.8, 4) is 0 Å². The Hall–Kier alpha value is -1.46. The molecule has 116 valence electrons. The van der Waals surface area contributed by atoms with Crippen LogP contribution in [0.5, 0.6) is 0 Å². The molecule has 1 aromatic rings. The van der Waals surface area contributed by atoms with Crippen LogP contribution in [0.15, 0.2) is 24.3 Å². The lowest BCUT2D eigenvalue weighted by molar-refractivity contribution is -0.130. The highest BCUT2D eigenvalue weighted by atomic mass is 32.1. The number of aryl methyl sites for hydroxylation is 1. The van der Waals surface area contributed by atoms with Crippen LogP contribution in [0, 0.1) is 6.92 Å². The zero-order valence-electron chi connectivity index (χ0n) is 13.1. The van der Waals surface area contributed by atoms with Gasteiger partial charge in [0.05, 0.1) is 4.99 Å². The summed E-state index contributed by atoms with van der Waals surface area (Å²) in [6.07, 6.45) is 1.09.